The van der Waals surface area contributed by atoms with Gasteiger partial charge in [-0.2, -0.15) is 0 Å². The van der Waals surface area contributed by atoms with Crippen molar-refractivity contribution < 1.29 is 24.2 Å². The van der Waals surface area contributed by atoms with Gasteiger partial charge in [0.15, 0.2) is 0 Å². The number of aliphatic hydroxyl groups is 2. The third-order valence-electron chi connectivity index (χ3n) is 7.74. The predicted molar refractivity (Wildman–Crippen MR) is 127 cm³/mol. The molecule has 34 heavy (non-hydrogen) atoms. The molecule has 4 rings (SSSR count). The summed E-state index contributed by atoms with van der Waals surface area (Å²) in [5.41, 5.74) is 0.531. The minimum absolute atomic E-state index is 0.0939. The number of urea groups is 1. The smallest absolute Gasteiger partial charge is 0.322 e. The molecule has 3 amide bonds. The van der Waals surface area contributed by atoms with Crippen molar-refractivity contribution in [1.82, 2.24) is 14.7 Å². The van der Waals surface area contributed by atoms with Crippen LogP contribution in [-0.2, 0) is 4.79 Å². The molecule has 3 atom stereocenters. The number of nitrogens with one attached hydrogen (secondary N) is 1. The minimum Gasteiger partial charge on any atom is -0.394 e. The van der Waals surface area contributed by atoms with E-state index < -0.39 is 17.9 Å². The molecule has 0 unspecified atom stereocenters. The van der Waals surface area contributed by atoms with Gasteiger partial charge in [-0.15, -0.1) is 0 Å². The molecule has 1 saturated carbocycles. The van der Waals surface area contributed by atoms with Crippen LogP contribution in [0.4, 0.5) is 14.9 Å². The molecule has 10 heteroatoms. The van der Waals surface area contributed by atoms with Crippen molar-refractivity contribution in [2.24, 2.45) is 5.41 Å². The molecule has 8 nitrogen and oxygen atoms in total. The number of carbonyl (C=O) groups excluding carboxylic acids is 2. The number of hydrogen-bond acceptors (Lipinski definition) is 5. The summed E-state index contributed by atoms with van der Waals surface area (Å²) in [6.45, 7) is 4.71. The highest BCUT2D eigenvalue weighted by molar-refractivity contribution is 6.31. The lowest BCUT2D eigenvalue weighted by Crippen LogP contribution is -2.61. The second kappa shape index (κ2) is 10.4. The Balaban J connectivity index is 1.26. The molecule has 188 valence electrons. The third-order valence-corrected chi connectivity index (χ3v) is 8.03. The van der Waals surface area contributed by atoms with Gasteiger partial charge >= 0.3 is 6.03 Å². The highest BCUT2D eigenvalue weighted by Gasteiger charge is 2.51. The summed E-state index contributed by atoms with van der Waals surface area (Å²) in [6.07, 6.45) is 4.54. The van der Waals surface area contributed by atoms with Crippen LogP contribution in [0.1, 0.15) is 39.0 Å². The van der Waals surface area contributed by atoms with E-state index in [9.17, 15) is 24.2 Å². The SMILES string of the molecule is C[C@H]1C(=O)N([C@H](CO)CCCN2CCC3(CC3)[C@H](O)C2)CCN1C(=O)Nc1ccc(F)c(Cl)c1. The quantitative estimate of drug-likeness (QED) is 0.539. The molecular weight excluding hydrogens is 463 g/mol. The lowest BCUT2D eigenvalue weighted by atomic mass is 9.90. The fourth-order valence-electron chi connectivity index (χ4n) is 5.22. The van der Waals surface area contributed by atoms with E-state index in [4.69, 9.17) is 11.6 Å². The lowest BCUT2D eigenvalue weighted by molar-refractivity contribution is -0.143. The van der Waals surface area contributed by atoms with Crippen molar-refractivity contribution >= 4 is 29.2 Å². The molecule has 2 heterocycles. The van der Waals surface area contributed by atoms with Crippen LogP contribution in [0.5, 0.6) is 0 Å². The fourth-order valence-corrected chi connectivity index (χ4v) is 5.40. The van der Waals surface area contributed by atoms with Crippen LogP contribution < -0.4 is 5.32 Å². The molecule has 0 radical (unpaired) electrons. The minimum atomic E-state index is -0.689. The zero-order valence-electron chi connectivity index (χ0n) is 19.6. The largest absolute Gasteiger partial charge is 0.394 e. The second-order valence-corrected chi connectivity index (χ2v) is 10.3. The van der Waals surface area contributed by atoms with Gasteiger partial charge in [0.25, 0.3) is 0 Å². The Hall–Kier alpha value is -1.94. The number of likely N-dealkylation sites (tertiary alicyclic amines) is 1. The monoisotopic (exact) mass is 496 g/mol. The Morgan fingerprint density at radius 1 is 1.29 bits per heavy atom. The number of carbonyl (C=O) groups is 2. The molecule has 2 saturated heterocycles. The van der Waals surface area contributed by atoms with Crippen LogP contribution in [0, 0.1) is 11.2 Å². The first-order valence-corrected chi connectivity index (χ1v) is 12.5. The van der Waals surface area contributed by atoms with E-state index in [0.717, 1.165) is 38.8 Å². The summed E-state index contributed by atoms with van der Waals surface area (Å²) in [4.78, 5) is 31.2. The van der Waals surface area contributed by atoms with Crippen LogP contribution in [-0.4, -0.2) is 94.4 Å². The maximum Gasteiger partial charge on any atom is 0.322 e. The van der Waals surface area contributed by atoms with E-state index in [2.05, 4.69) is 10.2 Å². The summed E-state index contributed by atoms with van der Waals surface area (Å²) < 4.78 is 13.4. The maximum absolute atomic E-state index is 13.4. The maximum atomic E-state index is 13.4. The van der Waals surface area contributed by atoms with Gasteiger partial charge in [0.1, 0.15) is 11.9 Å². The van der Waals surface area contributed by atoms with Crippen molar-refractivity contribution in [1.29, 1.82) is 0 Å². The molecule has 3 N–H and O–H groups in total. The Morgan fingerprint density at radius 3 is 2.71 bits per heavy atom. The van der Waals surface area contributed by atoms with Gasteiger partial charge in [0.2, 0.25) is 5.91 Å². The number of hydrogen-bond donors (Lipinski definition) is 3. The Kier molecular flexibility index (Phi) is 7.66. The highest BCUT2D eigenvalue weighted by atomic mass is 35.5. The molecule has 3 fully saturated rings. The Morgan fingerprint density at radius 2 is 2.06 bits per heavy atom. The second-order valence-electron chi connectivity index (χ2n) is 9.87. The Labute approximate surface area is 204 Å². The van der Waals surface area contributed by atoms with Crippen molar-refractivity contribution in [2.75, 3.05) is 44.6 Å². The molecule has 1 aliphatic carbocycles. The number of β-amino-alcohol motifs (C(OH)–C–C–N with tert-alkyl or cyclic N) is 1. The first kappa shape index (κ1) is 25.2. The van der Waals surface area contributed by atoms with Crippen molar-refractivity contribution in [3.8, 4) is 0 Å². The molecule has 1 aromatic carbocycles. The summed E-state index contributed by atoms with van der Waals surface area (Å²) in [5.74, 6) is -0.781. The van der Waals surface area contributed by atoms with Gasteiger partial charge in [-0.05, 0) is 75.7 Å². The molecule has 0 aromatic heterocycles. The van der Waals surface area contributed by atoms with Crippen LogP contribution in [0.25, 0.3) is 0 Å². The van der Waals surface area contributed by atoms with E-state index >= 15 is 0 Å². The number of piperazine rings is 1. The zero-order valence-corrected chi connectivity index (χ0v) is 20.3. The van der Waals surface area contributed by atoms with E-state index in [1.807, 2.05) is 0 Å². The van der Waals surface area contributed by atoms with Gasteiger partial charge in [0.05, 0.1) is 23.8 Å². The van der Waals surface area contributed by atoms with Crippen LogP contribution >= 0.6 is 11.6 Å². The standard InChI is InChI=1S/C24H34ClFN4O4/c1-16-22(33)30(12-11-29(16)23(34)27-17-4-5-20(26)19(25)13-17)18(15-31)3-2-9-28-10-8-24(6-7-24)21(32)14-28/h4-5,13,16,18,21,31-32H,2-3,6-12,14-15H2,1H3,(H,27,34)/t16-,18-,21+/m0/s1. The molecule has 2 aliphatic heterocycles. The van der Waals surface area contributed by atoms with Crippen molar-refractivity contribution in [3.05, 3.63) is 29.0 Å². The number of aliphatic hydroxyl groups excluding tert-OH is 2. The van der Waals surface area contributed by atoms with Gasteiger partial charge in [-0.25, -0.2) is 9.18 Å². The van der Waals surface area contributed by atoms with E-state index in [0.29, 0.717) is 31.7 Å². The fraction of sp³-hybridized carbons (Fsp3) is 0.667. The molecule has 1 spiro atoms. The highest BCUT2D eigenvalue weighted by Crippen LogP contribution is 2.53. The molecule has 3 aliphatic rings. The van der Waals surface area contributed by atoms with Gasteiger partial charge < -0.3 is 30.2 Å². The van der Waals surface area contributed by atoms with E-state index in [-0.39, 0.29) is 35.1 Å². The van der Waals surface area contributed by atoms with Crippen LogP contribution in [0.2, 0.25) is 5.02 Å². The normalized spacial score (nSPS) is 25.5. The van der Waals surface area contributed by atoms with Crippen LogP contribution in [0.3, 0.4) is 0 Å². The summed E-state index contributed by atoms with van der Waals surface area (Å²) >= 11 is 5.78. The summed E-state index contributed by atoms with van der Waals surface area (Å²) in [6, 6.07) is 2.46. The zero-order chi connectivity index (χ0) is 24.5. The Bertz CT molecular complexity index is 915. The van der Waals surface area contributed by atoms with Crippen molar-refractivity contribution in [3.63, 3.8) is 0 Å². The van der Waals surface area contributed by atoms with E-state index in [1.54, 1.807) is 11.8 Å². The number of rotatable bonds is 7. The average Bonchev–Trinajstić information content (AvgIpc) is 3.59. The summed E-state index contributed by atoms with van der Waals surface area (Å²) in [7, 11) is 0. The number of halogens is 2. The lowest BCUT2D eigenvalue weighted by Gasteiger charge is -2.42. The van der Waals surface area contributed by atoms with Gasteiger partial charge in [0, 0.05) is 25.3 Å². The number of benzene rings is 1. The van der Waals surface area contributed by atoms with Crippen LogP contribution in [0.15, 0.2) is 18.2 Å². The molecule has 1 aromatic rings. The van der Waals surface area contributed by atoms with Gasteiger partial charge in [-0.3, -0.25) is 4.79 Å². The average molecular weight is 497 g/mol. The number of nitrogens with zero attached hydrogens (tertiary/aromatic N) is 3. The number of anilines is 1. The number of amides is 3. The van der Waals surface area contributed by atoms with E-state index in [1.165, 1.54) is 23.1 Å². The van der Waals surface area contributed by atoms with Crippen molar-refractivity contribution in [2.45, 2.75) is 57.2 Å². The summed E-state index contributed by atoms with van der Waals surface area (Å²) in [5, 5.41) is 22.9. The third kappa shape index (κ3) is 5.32. The topological polar surface area (TPSA) is 96.3 Å². The predicted octanol–water partition coefficient (Wildman–Crippen LogP) is 2.53. The first-order chi connectivity index (χ1) is 16.2. The number of piperidine rings is 1. The van der Waals surface area contributed by atoms with Gasteiger partial charge in [-0.1, -0.05) is 11.6 Å². The molecular formula is C24H34ClFN4O4. The molecule has 0 bridgehead atoms. The first-order valence-electron chi connectivity index (χ1n) is 12.1.